The van der Waals surface area contributed by atoms with Gasteiger partial charge in [-0.05, 0) is 49.1 Å². The first-order chi connectivity index (χ1) is 15.7. The molecule has 1 aromatic heterocycles. The molecule has 0 unspecified atom stereocenters. The Kier molecular flexibility index (Phi) is 5.96. The molecular formula is C26H32N4O2. The molecule has 0 spiro atoms. The SMILES string of the molecule is COC1=CN=C2CC(c3nccc(C4CCCCC4)c3C(=O)N3CCN(C)CC3)=CC=C12. The van der Waals surface area contributed by atoms with Crippen molar-refractivity contribution in [3.63, 3.8) is 0 Å². The van der Waals surface area contributed by atoms with Gasteiger partial charge in [-0.1, -0.05) is 25.3 Å². The fourth-order valence-corrected chi connectivity index (χ4v) is 5.35. The van der Waals surface area contributed by atoms with Crippen molar-refractivity contribution >= 4 is 17.2 Å². The van der Waals surface area contributed by atoms with E-state index in [4.69, 9.17) is 9.72 Å². The maximum Gasteiger partial charge on any atom is 0.256 e. The third-order valence-corrected chi connectivity index (χ3v) is 7.28. The Hall–Kier alpha value is -2.73. The first-order valence-electron chi connectivity index (χ1n) is 11.8. The van der Waals surface area contributed by atoms with E-state index in [2.05, 4.69) is 35.2 Å². The number of allylic oxidation sites excluding steroid dienone is 4. The lowest BCUT2D eigenvalue weighted by Crippen LogP contribution is -2.47. The number of likely N-dealkylation sites (N-methyl/N-ethyl adjacent to an activating group) is 1. The summed E-state index contributed by atoms with van der Waals surface area (Å²) in [4.78, 5) is 27.6. The van der Waals surface area contributed by atoms with Gasteiger partial charge in [-0.25, -0.2) is 0 Å². The van der Waals surface area contributed by atoms with Crippen LogP contribution < -0.4 is 0 Å². The molecule has 1 saturated carbocycles. The van der Waals surface area contributed by atoms with Gasteiger partial charge in [0.05, 0.1) is 30.3 Å². The number of methoxy groups -OCH3 is 1. The first kappa shape index (κ1) is 21.1. The molecule has 168 valence electrons. The van der Waals surface area contributed by atoms with E-state index in [1.807, 2.05) is 11.1 Å². The Balaban J connectivity index is 1.55. The van der Waals surface area contributed by atoms with E-state index in [-0.39, 0.29) is 5.91 Å². The molecule has 1 amide bonds. The number of rotatable bonds is 4. The third-order valence-electron chi connectivity index (χ3n) is 7.28. The largest absolute Gasteiger partial charge is 0.494 e. The van der Waals surface area contributed by atoms with Gasteiger partial charge >= 0.3 is 0 Å². The van der Waals surface area contributed by atoms with Crippen LogP contribution in [0.2, 0.25) is 0 Å². The molecule has 2 aliphatic carbocycles. The number of nitrogens with zero attached hydrogens (tertiary/aromatic N) is 4. The summed E-state index contributed by atoms with van der Waals surface area (Å²) >= 11 is 0. The number of hydrogen-bond acceptors (Lipinski definition) is 5. The lowest BCUT2D eigenvalue weighted by molar-refractivity contribution is 0.0661. The van der Waals surface area contributed by atoms with Crippen molar-refractivity contribution in [3.8, 4) is 0 Å². The minimum absolute atomic E-state index is 0.140. The van der Waals surface area contributed by atoms with Crippen LogP contribution in [-0.4, -0.2) is 66.7 Å². The minimum atomic E-state index is 0.140. The zero-order valence-corrected chi connectivity index (χ0v) is 19.1. The van der Waals surface area contributed by atoms with Crippen molar-refractivity contribution in [2.45, 2.75) is 44.4 Å². The average Bonchev–Trinajstić information content (AvgIpc) is 3.26. The van der Waals surface area contributed by atoms with Crippen LogP contribution in [-0.2, 0) is 4.74 Å². The molecule has 32 heavy (non-hydrogen) atoms. The van der Waals surface area contributed by atoms with Crippen LogP contribution in [0.4, 0.5) is 0 Å². The van der Waals surface area contributed by atoms with Gasteiger partial charge in [0.25, 0.3) is 5.91 Å². The predicted octanol–water partition coefficient (Wildman–Crippen LogP) is 4.17. The molecule has 1 saturated heterocycles. The Morgan fingerprint density at radius 3 is 2.62 bits per heavy atom. The maximum atomic E-state index is 13.9. The molecule has 1 aromatic rings. The molecule has 6 heteroatoms. The highest BCUT2D eigenvalue weighted by molar-refractivity contribution is 6.13. The zero-order valence-electron chi connectivity index (χ0n) is 19.1. The Bertz CT molecular complexity index is 1020. The quantitative estimate of drug-likeness (QED) is 0.716. The Morgan fingerprint density at radius 1 is 1.09 bits per heavy atom. The maximum absolute atomic E-state index is 13.9. The number of amides is 1. The summed E-state index contributed by atoms with van der Waals surface area (Å²) in [5.41, 5.74) is 5.94. The molecule has 0 radical (unpaired) electrons. The van der Waals surface area contributed by atoms with Crippen LogP contribution in [0, 0.1) is 0 Å². The molecule has 2 aliphatic heterocycles. The van der Waals surface area contributed by atoms with Crippen LogP contribution in [0.1, 0.15) is 66.1 Å². The summed E-state index contributed by atoms with van der Waals surface area (Å²) in [6.07, 6.45) is 14.6. The number of carbonyl (C=O) groups is 1. The molecule has 2 fully saturated rings. The molecular weight excluding hydrogens is 400 g/mol. The number of aliphatic imine (C=N–C) groups is 1. The molecule has 3 heterocycles. The number of ether oxygens (including phenoxy) is 1. The number of pyridine rings is 1. The normalized spacial score (nSPS) is 22.0. The van der Waals surface area contributed by atoms with Crippen LogP contribution >= 0.6 is 0 Å². The average molecular weight is 433 g/mol. The van der Waals surface area contributed by atoms with E-state index in [1.54, 1.807) is 13.3 Å². The lowest BCUT2D eigenvalue weighted by atomic mass is 9.80. The summed E-state index contributed by atoms with van der Waals surface area (Å²) in [6, 6.07) is 2.10. The van der Waals surface area contributed by atoms with E-state index in [0.29, 0.717) is 12.3 Å². The van der Waals surface area contributed by atoms with Gasteiger partial charge in [0.15, 0.2) is 0 Å². The van der Waals surface area contributed by atoms with Gasteiger partial charge in [0.1, 0.15) is 5.76 Å². The number of piperazine rings is 1. The van der Waals surface area contributed by atoms with E-state index in [9.17, 15) is 4.79 Å². The standard InChI is InChI=1S/C26H32N4O2/c1-29-12-14-30(15-13-29)26(31)24-20(18-6-4-3-5-7-18)10-11-27-25(24)19-8-9-21-22(16-19)28-17-23(21)32-2/h8-11,17-18H,3-7,12-16H2,1-2H3. The van der Waals surface area contributed by atoms with Crippen LogP contribution in [0.5, 0.6) is 0 Å². The van der Waals surface area contributed by atoms with E-state index in [1.165, 1.54) is 24.8 Å². The molecule has 0 aromatic carbocycles. The molecule has 0 bridgehead atoms. The van der Waals surface area contributed by atoms with Crippen molar-refractivity contribution < 1.29 is 9.53 Å². The third kappa shape index (κ3) is 3.92. The van der Waals surface area contributed by atoms with E-state index >= 15 is 0 Å². The lowest BCUT2D eigenvalue weighted by Gasteiger charge is -2.34. The van der Waals surface area contributed by atoms with E-state index in [0.717, 1.165) is 72.9 Å². The van der Waals surface area contributed by atoms with Crippen molar-refractivity contribution in [1.82, 2.24) is 14.8 Å². The first-order valence-corrected chi connectivity index (χ1v) is 11.8. The molecule has 4 aliphatic rings. The van der Waals surface area contributed by atoms with E-state index < -0.39 is 0 Å². The molecule has 0 N–H and O–H groups in total. The summed E-state index contributed by atoms with van der Waals surface area (Å²) < 4.78 is 5.44. The molecule has 0 atom stereocenters. The van der Waals surface area contributed by atoms with Gasteiger partial charge in [0, 0.05) is 44.4 Å². The second kappa shape index (κ2) is 9.02. The van der Waals surface area contributed by atoms with Gasteiger partial charge in [0.2, 0.25) is 0 Å². The van der Waals surface area contributed by atoms with Crippen LogP contribution in [0.15, 0.2) is 46.9 Å². The van der Waals surface area contributed by atoms with Crippen molar-refractivity contribution in [2.24, 2.45) is 4.99 Å². The number of fused-ring (bicyclic) bond motifs is 1. The van der Waals surface area contributed by atoms with Crippen LogP contribution in [0.25, 0.3) is 5.57 Å². The number of aromatic nitrogens is 1. The minimum Gasteiger partial charge on any atom is -0.494 e. The summed E-state index contributed by atoms with van der Waals surface area (Å²) in [5, 5.41) is 0. The monoisotopic (exact) mass is 432 g/mol. The van der Waals surface area contributed by atoms with Gasteiger partial charge in [-0.15, -0.1) is 0 Å². The number of hydrogen-bond donors (Lipinski definition) is 0. The summed E-state index contributed by atoms with van der Waals surface area (Å²) in [6.45, 7) is 3.36. The highest BCUT2D eigenvalue weighted by atomic mass is 16.5. The molecule has 5 rings (SSSR count). The van der Waals surface area contributed by atoms with Crippen molar-refractivity contribution in [3.05, 3.63) is 58.8 Å². The highest BCUT2D eigenvalue weighted by Gasteiger charge is 2.31. The highest BCUT2D eigenvalue weighted by Crippen LogP contribution is 2.39. The summed E-state index contributed by atoms with van der Waals surface area (Å²) in [5.74, 6) is 1.38. The topological polar surface area (TPSA) is 58.0 Å². The van der Waals surface area contributed by atoms with Crippen molar-refractivity contribution in [1.29, 1.82) is 0 Å². The Labute approximate surface area is 190 Å². The van der Waals surface area contributed by atoms with Gasteiger partial charge in [-0.3, -0.25) is 14.8 Å². The fraction of sp³-hybridized carbons (Fsp3) is 0.500. The second-order valence-electron chi connectivity index (χ2n) is 9.28. The molecule has 6 nitrogen and oxygen atoms in total. The summed E-state index contributed by atoms with van der Waals surface area (Å²) in [7, 11) is 3.79. The predicted molar refractivity (Wildman–Crippen MR) is 127 cm³/mol. The van der Waals surface area contributed by atoms with Crippen molar-refractivity contribution in [2.75, 3.05) is 40.3 Å². The van der Waals surface area contributed by atoms with Gasteiger partial charge in [-0.2, -0.15) is 0 Å². The Morgan fingerprint density at radius 2 is 1.88 bits per heavy atom. The smallest absolute Gasteiger partial charge is 0.256 e. The van der Waals surface area contributed by atoms with Gasteiger partial charge < -0.3 is 14.5 Å². The zero-order chi connectivity index (χ0) is 22.1. The number of carbonyl (C=O) groups excluding carboxylic acids is 1. The second-order valence-corrected chi connectivity index (χ2v) is 9.28. The fourth-order valence-electron chi connectivity index (χ4n) is 5.35. The van der Waals surface area contributed by atoms with Crippen LogP contribution in [0.3, 0.4) is 0 Å².